The van der Waals surface area contributed by atoms with Crippen LogP contribution in [0.15, 0.2) is 10.7 Å². The first kappa shape index (κ1) is 15.9. The van der Waals surface area contributed by atoms with Crippen molar-refractivity contribution in [3.63, 3.8) is 0 Å². The van der Waals surface area contributed by atoms with Gasteiger partial charge < -0.3 is 9.84 Å². The van der Waals surface area contributed by atoms with E-state index in [-0.39, 0.29) is 18.8 Å². The smallest absolute Gasteiger partial charge is 0.248 e. The van der Waals surface area contributed by atoms with Crippen LogP contribution in [0.2, 0.25) is 0 Å². The summed E-state index contributed by atoms with van der Waals surface area (Å²) in [7, 11) is 1.60. The summed E-state index contributed by atoms with van der Waals surface area (Å²) in [5, 5.41) is 14.7. The minimum atomic E-state index is -2.58. The van der Waals surface area contributed by atoms with Gasteiger partial charge in [0.15, 0.2) is 0 Å². The predicted molar refractivity (Wildman–Crippen MR) is 73.7 cm³/mol. The standard InChI is InChI=1S/C13H19BrF2N2O2/c1-20-7-6-18-11(10(14)8-17-18)12(19)9-2-4-13(15,16)5-3-9/h8-9,12,19H,2-7H2,1H3. The van der Waals surface area contributed by atoms with Crippen molar-refractivity contribution in [2.45, 2.75) is 44.3 Å². The Balaban J connectivity index is 2.09. The Labute approximate surface area is 125 Å². The van der Waals surface area contributed by atoms with Crippen molar-refractivity contribution in [2.75, 3.05) is 13.7 Å². The maximum absolute atomic E-state index is 13.2. The molecule has 0 radical (unpaired) electrons. The topological polar surface area (TPSA) is 47.3 Å². The van der Waals surface area contributed by atoms with Crippen molar-refractivity contribution >= 4 is 15.9 Å². The van der Waals surface area contributed by atoms with Crippen LogP contribution in [0.4, 0.5) is 8.78 Å². The number of ether oxygens (including phenoxy) is 1. The van der Waals surface area contributed by atoms with Gasteiger partial charge in [-0.2, -0.15) is 5.10 Å². The molecule has 1 heterocycles. The molecule has 1 aromatic heterocycles. The van der Waals surface area contributed by atoms with Gasteiger partial charge in [-0.1, -0.05) is 0 Å². The van der Waals surface area contributed by atoms with Crippen LogP contribution in [0.3, 0.4) is 0 Å². The van der Waals surface area contributed by atoms with Gasteiger partial charge in [-0.05, 0) is 34.7 Å². The van der Waals surface area contributed by atoms with Crippen LogP contribution < -0.4 is 0 Å². The van der Waals surface area contributed by atoms with Crippen molar-refractivity contribution < 1.29 is 18.6 Å². The van der Waals surface area contributed by atoms with Gasteiger partial charge in [0.1, 0.15) is 0 Å². The summed E-state index contributed by atoms with van der Waals surface area (Å²) >= 11 is 3.37. The van der Waals surface area contributed by atoms with Gasteiger partial charge in [0, 0.05) is 20.0 Å². The zero-order valence-electron chi connectivity index (χ0n) is 11.4. The molecule has 1 aromatic rings. The zero-order chi connectivity index (χ0) is 14.8. The summed E-state index contributed by atoms with van der Waals surface area (Å²) in [5.74, 6) is -2.73. The molecule has 1 fully saturated rings. The van der Waals surface area contributed by atoms with Crippen LogP contribution in [0.5, 0.6) is 0 Å². The molecule has 2 rings (SSSR count). The molecule has 1 saturated carbocycles. The number of nitrogens with zero attached hydrogens (tertiary/aromatic N) is 2. The fraction of sp³-hybridized carbons (Fsp3) is 0.769. The van der Waals surface area contributed by atoms with Gasteiger partial charge in [-0.15, -0.1) is 0 Å². The highest BCUT2D eigenvalue weighted by Crippen LogP contribution is 2.42. The van der Waals surface area contributed by atoms with Crippen molar-refractivity contribution in [1.29, 1.82) is 0 Å². The molecule has 7 heteroatoms. The van der Waals surface area contributed by atoms with E-state index in [1.807, 2.05) is 0 Å². The van der Waals surface area contributed by atoms with E-state index in [0.29, 0.717) is 36.2 Å². The normalized spacial score (nSPS) is 21.1. The first-order valence-electron chi connectivity index (χ1n) is 6.70. The van der Waals surface area contributed by atoms with E-state index in [4.69, 9.17) is 4.74 Å². The molecule has 1 aliphatic carbocycles. The van der Waals surface area contributed by atoms with Crippen molar-refractivity contribution in [3.8, 4) is 0 Å². The van der Waals surface area contributed by atoms with E-state index in [1.54, 1.807) is 18.0 Å². The summed E-state index contributed by atoms with van der Waals surface area (Å²) in [6, 6.07) is 0. The summed E-state index contributed by atoms with van der Waals surface area (Å²) in [6.07, 6.45) is 1.19. The quantitative estimate of drug-likeness (QED) is 0.885. The van der Waals surface area contributed by atoms with E-state index in [0.717, 1.165) is 0 Å². The maximum atomic E-state index is 13.2. The lowest BCUT2D eigenvalue weighted by Crippen LogP contribution is -2.29. The molecular weight excluding hydrogens is 334 g/mol. The van der Waals surface area contributed by atoms with E-state index in [1.165, 1.54) is 0 Å². The second-order valence-corrected chi connectivity index (χ2v) is 6.09. The lowest BCUT2D eigenvalue weighted by molar-refractivity contribution is -0.0638. The lowest BCUT2D eigenvalue weighted by Gasteiger charge is -2.31. The van der Waals surface area contributed by atoms with Crippen molar-refractivity contribution in [2.24, 2.45) is 5.92 Å². The second kappa shape index (κ2) is 6.49. The van der Waals surface area contributed by atoms with Crippen LogP contribution >= 0.6 is 15.9 Å². The Bertz CT molecular complexity index is 444. The molecule has 0 saturated heterocycles. The Morgan fingerprint density at radius 2 is 2.20 bits per heavy atom. The Morgan fingerprint density at radius 1 is 1.55 bits per heavy atom. The third kappa shape index (κ3) is 3.56. The Hall–Kier alpha value is -0.530. The molecule has 20 heavy (non-hydrogen) atoms. The van der Waals surface area contributed by atoms with E-state index < -0.39 is 12.0 Å². The predicted octanol–water partition coefficient (Wildman–Crippen LogP) is 3.15. The largest absolute Gasteiger partial charge is 0.386 e. The molecule has 0 bridgehead atoms. The first-order valence-corrected chi connectivity index (χ1v) is 7.50. The number of methoxy groups -OCH3 is 1. The van der Waals surface area contributed by atoms with Gasteiger partial charge in [-0.25, -0.2) is 8.78 Å². The maximum Gasteiger partial charge on any atom is 0.248 e. The van der Waals surface area contributed by atoms with Gasteiger partial charge >= 0.3 is 0 Å². The highest BCUT2D eigenvalue weighted by molar-refractivity contribution is 9.10. The monoisotopic (exact) mass is 352 g/mol. The molecule has 1 aliphatic rings. The van der Waals surface area contributed by atoms with Crippen LogP contribution in [-0.4, -0.2) is 34.5 Å². The van der Waals surface area contributed by atoms with Crippen LogP contribution in [0, 0.1) is 5.92 Å². The van der Waals surface area contributed by atoms with Crippen molar-refractivity contribution in [3.05, 3.63) is 16.4 Å². The van der Waals surface area contributed by atoms with Gasteiger partial charge in [-0.3, -0.25) is 4.68 Å². The first-order chi connectivity index (χ1) is 9.44. The van der Waals surface area contributed by atoms with Crippen LogP contribution in [0.1, 0.15) is 37.5 Å². The summed E-state index contributed by atoms with van der Waals surface area (Å²) in [4.78, 5) is 0. The highest BCUT2D eigenvalue weighted by atomic mass is 79.9. The molecule has 1 unspecified atom stereocenters. The molecule has 0 amide bonds. The third-order valence-corrected chi connectivity index (χ3v) is 4.44. The highest BCUT2D eigenvalue weighted by Gasteiger charge is 2.38. The SMILES string of the molecule is COCCn1ncc(Br)c1C(O)C1CCC(F)(F)CC1. The van der Waals surface area contributed by atoms with Gasteiger partial charge in [0.2, 0.25) is 5.92 Å². The third-order valence-electron chi connectivity index (χ3n) is 3.83. The molecule has 1 atom stereocenters. The molecule has 1 N–H and O–H groups in total. The number of hydrogen-bond acceptors (Lipinski definition) is 3. The Morgan fingerprint density at radius 3 is 2.80 bits per heavy atom. The molecule has 0 aromatic carbocycles. The molecular formula is C13H19BrF2N2O2. The number of halogens is 3. The summed E-state index contributed by atoms with van der Waals surface area (Å²) in [5.41, 5.74) is 0.650. The Kier molecular flexibility index (Phi) is 5.14. The van der Waals surface area contributed by atoms with Crippen LogP contribution in [-0.2, 0) is 11.3 Å². The molecule has 0 spiro atoms. The summed E-state index contributed by atoms with van der Waals surface area (Å²) in [6.45, 7) is 1.01. The zero-order valence-corrected chi connectivity index (χ0v) is 12.9. The minimum absolute atomic E-state index is 0.149. The van der Waals surface area contributed by atoms with E-state index in [2.05, 4.69) is 21.0 Å². The minimum Gasteiger partial charge on any atom is -0.386 e. The average molecular weight is 353 g/mol. The molecule has 0 aliphatic heterocycles. The number of alkyl halides is 2. The number of aliphatic hydroxyl groups excluding tert-OH is 1. The fourth-order valence-corrected chi connectivity index (χ4v) is 3.15. The van der Waals surface area contributed by atoms with Crippen LogP contribution in [0.25, 0.3) is 0 Å². The number of rotatable bonds is 5. The second-order valence-electron chi connectivity index (χ2n) is 5.23. The lowest BCUT2D eigenvalue weighted by atomic mass is 9.82. The fourth-order valence-electron chi connectivity index (χ4n) is 2.62. The average Bonchev–Trinajstić information content (AvgIpc) is 2.76. The van der Waals surface area contributed by atoms with E-state index in [9.17, 15) is 13.9 Å². The van der Waals surface area contributed by atoms with Crippen molar-refractivity contribution in [1.82, 2.24) is 9.78 Å². The van der Waals surface area contributed by atoms with E-state index >= 15 is 0 Å². The number of aromatic nitrogens is 2. The number of aliphatic hydroxyl groups is 1. The number of hydrogen-bond donors (Lipinski definition) is 1. The molecule has 4 nitrogen and oxygen atoms in total. The van der Waals surface area contributed by atoms with Gasteiger partial charge in [0.05, 0.1) is 35.6 Å². The summed E-state index contributed by atoms with van der Waals surface area (Å²) < 4.78 is 33.8. The molecule has 114 valence electrons. The van der Waals surface area contributed by atoms with Gasteiger partial charge in [0.25, 0.3) is 0 Å².